The number of carboxylic acids is 1. The molecule has 1 heterocycles. The topological polar surface area (TPSA) is 40.5 Å². The second-order valence-corrected chi connectivity index (χ2v) is 10.1. The highest BCUT2D eigenvalue weighted by molar-refractivity contribution is 5.78. The van der Waals surface area contributed by atoms with Gasteiger partial charge in [-0.15, -0.1) is 0 Å². The van der Waals surface area contributed by atoms with E-state index in [1.807, 2.05) is 0 Å². The highest BCUT2D eigenvalue weighted by Crippen LogP contribution is 2.30. The van der Waals surface area contributed by atoms with E-state index in [-0.39, 0.29) is 6.04 Å². The number of hydrogen-bond acceptors (Lipinski definition) is 2. The fourth-order valence-electron chi connectivity index (χ4n) is 5.28. The van der Waals surface area contributed by atoms with Crippen LogP contribution in [-0.4, -0.2) is 28.6 Å². The molecule has 1 atom stereocenters. The summed E-state index contributed by atoms with van der Waals surface area (Å²) in [6.45, 7) is 10.3. The standard InChI is InChI=1S/C32H37NO2/c1-22(2)30-20-27(23(3)19-28(30)21-33-18-9-8-15-31(33)32(34)35)17-16-25-13-10-14-29(24(25)4)26-11-6-5-7-12-26/h5-7,10-14,16-17,19-20,22,31H,8-9,15,18,21H2,1-4H3,(H,34,35)/b17-16+/t31-/m0/s1. The van der Waals surface area contributed by atoms with Crippen molar-refractivity contribution in [1.82, 2.24) is 4.90 Å². The summed E-state index contributed by atoms with van der Waals surface area (Å²) in [5.41, 5.74) is 10.00. The van der Waals surface area contributed by atoms with Crippen LogP contribution >= 0.6 is 0 Å². The average Bonchev–Trinajstić information content (AvgIpc) is 2.85. The molecule has 0 radical (unpaired) electrons. The van der Waals surface area contributed by atoms with Crippen LogP contribution in [0.2, 0.25) is 0 Å². The van der Waals surface area contributed by atoms with Gasteiger partial charge in [0.15, 0.2) is 0 Å². The van der Waals surface area contributed by atoms with Crippen molar-refractivity contribution in [3.8, 4) is 11.1 Å². The van der Waals surface area contributed by atoms with E-state index in [4.69, 9.17) is 0 Å². The Hall–Kier alpha value is -3.17. The summed E-state index contributed by atoms with van der Waals surface area (Å²) in [6, 6.07) is 21.2. The molecule has 0 spiro atoms. The van der Waals surface area contributed by atoms with Crippen LogP contribution in [0.3, 0.4) is 0 Å². The number of rotatable bonds is 7. The Morgan fingerprint density at radius 1 is 1.00 bits per heavy atom. The maximum Gasteiger partial charge on any atom is 0.320 e. The van der Waals surface area contributed by atoms with Crippen molar-refractivity contribution in [3.63, 3.8) is 0 Å². The molecule has 3 heteroatoms. The molecule has 3 aromatic carbocycles. The molecule has 35 heavy (non-hydrogen) atoms. The minimum atomic E-state index is -0.694. The van der Waals surface area contributed by atoms with Gasteiger partial charge in [0.1, 0.15) is 6.04 Å². The summed E-state index contributed by atoms with van der Waals surface area (Å²) < 4.78 is 0. The Labute approximate surface area is 210 Å². The van der Waals surface area contributed by atoms with E-state index in [1.165, 1.54) is 44.5 Å². The lowest BCUT2D eigenvalue weighted by atomic mass is 9.90. The summed E-state index contributed by atoms with van der Waals surface area (Å²) in [7, 11) is 0. The molecule has 1 saturated heterocycles. The molecular weight excluding hydrogens is 430 g/mol. The van der Waals surface area contributed by atoms with E-state index in [2.05, 4.69) is 105 Å². The first kappa shape index (κ1) is 24.9. The molecule has 0 aromatic heterocycles. The van der Waals surface area contributed by atoms with Crippen molar-refractivity contribution in [1.29, 1.82) is 0 Å². The van der Waals surface area contributed by atoms with Crippen molar-refractivity contribution in [2.45, 2.75) is 65.5 Å². The molecule has 0 unspecified atom stereocenters. The second kappa shape index (κ2) is 11.0. The van der Waals surface area contributed by atoms with E-state index < -0.39 is 5.97 Å². The van der Waals surface area contributed by atoms with Crippen molar-refractivity contribution < 1.29 is 9.90 Å². The number of carbonyl (C=O) groups is 1. The number of likely N-dealkylation sites (tertiary alicyclic amines) is 1. The molecule has 3 nitrogen and oxygen atoms in total. The number of benzene rings is 3. The van der Waals surface area contributed by atoms with Gasteiger partial charge < -0.3 is 5.11 Å². The van der Waals surface area contributed by atoms with Gasteiger partial charge in [-0.1, -0.05) is 93.1 Å². The minimum absolute atomic E-state index is 0.369. The molecule has 0 saturated carbocycles. The quantitative estimate of drug-likeness (QED) is 0.362. The maximum atomic E-state index is 11.8. The molecule has 1 aliphatic heterocycles. The monoisotopic (exact) mass is 467 g/mol. The summed E-state index contributed by atoms with van der Waals surface area (Å²) >= 11 is 0. The lowest BCUT2D eigenvalue weighted by Gasteiger charge is -2.33. The van der Waals surface area contributed by atoms with Gasteiger partial charge in [-0.25, -0.2) is 0 Å². The zero-order valence-corrected chi connectivity index (χ0v) is 21.4. The molecule has 1 N–H and O–H groups in total. The van der Waals surface area contributed by atoms with Crippen LogP contribution in [0, 0.1) is 13.8 Å². The van der Waals surface area contributed by atoms with Crippen molar-refractivity contribution >= 4 is 18.1 Å². The van der Waals surface area contributed by atoms with Crippen LogP contribution in [0.5, 0.6) is 0 Å². The summed E-state index contributed by atoms with van der Waals surface area (Å²) in [6.07, 6.45) is 7.26. The molecule has 0 aliphatic carbocycles. The lowest BCUT2D eigenvalue weighted by Crippen LogP contribution is -2.44. The van der Waals surface area contributed by atoms with Gasteiger partial charge in [0.05, 0.1) is 0 Å². The Kier molecular flexibility index (Phi) is 7.87. The van der Waals surface area contributed by atoms with E-state index in [1.54, 1.807) is 0 Å². The molecule has 4 rings (SSSR count). The fraction of sp³-hybridized carbons (Fsp3) is 0.344. The summed E-state index contributed by atoms with van der Waals surface area (Å²) in [5, 5.41) is 9.71. The molecule has 0 amide bonds. The van der Waals surface area contributed by atoms with Gasteiger partial charge in [-0.05, 0) is 83.7 Å². The second-order valence-electron chi connectivity index (χ2n) is 10.1. The minimum Gasteiger partial charge on any atom is -0.480 e. The SMILES string of the molecule is Cc1cc(CN2CCCC[C@H]2C(=O)O)c(C(C)C)cc1/C=C/c1cccc(-c2ccccc2)c1C. The molecule has 1 aliphatic rings. The first-order valence-corrected chi connectivity index (χ1v) is 12.8. The Morgan fingerprint density at radius 2 is 1.74 bits per heavy atom. The van der Waals surface area contributed by atoms with E-state index in [0.29, 0.717) is 12.5 Å². The largest absolute Gasteiger partial charge is 0.480 e. The third kappa shape index (κ3) is 5.74. The van der Waals surface area contributed by atoms with Gasteiger partial charge in [0.25, 0.3) is 0 Å². The van der Waals surface area contributed by atoms with E-state index in [9.17, 15) is 9.90 Å². The van der Waals surface area contributed by atoms with E-state index in [0.717, 1.165) is 25.8 Å². The van der Waals surface area contributed by atoms with Gasteiger partial charge in [0.2, 0.25) is 0 Å². The average molecular weight is 468 g/mol. The highest BCUT2D eigenvalue weighted by Gasteiger charge is 2.29. The van der Waals surface area contributed by atoms with Crippen LogP contribution in [0.4, 0.5) is 0 Å². The number of aliphatic carboxylic acids is 1. The number of piperidine rings is 1. The Balaban J connectivity index is 1.63. The van der Waals surface area contributed by atoms with Crippen molar-refractivity contribution in [2.75, 3.05) is 6.54 Å². The fourth-order valence-corrected chi connectivity index (χ4v) is 5.28. The highest BCUT2D eigenvalue weighted by atomic mass is 16.4. The molecule has 3 aromatic rings. The van der Waals surface area contributed by atoms with E-state index >= 15 is 0 Å². The van der Waals surface area contributed by atoms with Crippen LogP contribution < -0.4 is 0 Å². The number of aryl methyl sites for hydroxylation is 1. The third-order valence-corrected chi connectivity index (χ3v) is 7.32. The van der Waals surface area contributed by atoms with Crippen LogP contribution in [0.1, 0.15) is 72.4 Å². The van der Waals surface area contributed by atoms with Gasteiger partial charge in [-0.2, -0.15) is 0 Å². The summed E-state index contributed by atoms with van der Waals surface area (Å²) in [5.74, 6) is -0.325. The third-order valence-electron chi connectivity index (χ3n) is 7.32. The lowest BCUT2D eigenvalue weighted by molar-refractivity contribution is -0.144. The first-order chi connectivity index (χ1) is 16.8. The van der Waals surface area contributed by atoms with Gasteiger partial charge in [0, 0.05) is 6.54 Å². The predicted octanol–water partition coefficient (Wildman–Crippen LogP) is 7.70. The number of hydrogen-bond donors (Lipinski definition) is 1. The van der Waals surface area contributed by atoms with Crippen molar-refractivity contribution in [2.24, 2.45) is 0 Å². The molecule has 182 valence electrons. The van der Waals surface area contributed by atoms with Crippen LogP contribution in [-0.2, 0) is 11.3 Å². The smallest absolute Gasteiger partial charge is 0.320 e. The zero-order chi connectivity index (χ0) is 24.9. The predicted molar refractivity (Wildman–Crippen MR) is 146 cm³/mol. The summed E-state index contributed by atoms with van der Waals surface area (Å²) in [4.78, 5) is 14.0. The first-order valence-electron chi connectivity index (χ1n) is 12.8. The molecule has 1 fully saturated rings. The number of nitrogens with zero attached hydrogens (tertiary/aromatic N) is 1. The van der Waals surface area contributed by atoms with Crippen LogP contribution in [0.15, 0.2) is 60.7 Å². The molecule has 0 bridgehead atoms. The van der Waals surface area contributed by atoms with Gasteiger partial charge >= 0.3 is 5.97 Å². The normalized spacial score (nSPS) is 16.8. The van der Waals surface area contributed by atoms with Crippen LogP contribution in [0.25, 0.3) is 23.3 Å². The Morgan fingerprint density at radius 3 is 2.46 bits per heavy atom. The maximum absolute atomic E-state index is 11.8. The Bertz CT molecular complexity index is 1210. The van der Waals surface area contributed by atoms with Crippen molar-refractivity contribution in [3.05, 3.63) is 94.0 Å². The molecular formula is C32H37NO2. The zero-order valence-electron chi connectivity index (χ0n) is 21.4. The number of carboxylic acid groups (broad SMARTS) is 1. The van der Waals surface area contributed by atoms with Gasteiger partial charge in [-0.3, -0.25) is 9.69 Å².